The Balaban J connectivity index is 2.24. The van der Waals surface area contributed by atoms with Gasteiger partial charge in [0.2, 0.25) is 0 Å². The molecule has 0 N–H and O–H groups in total. The van der Waals surface area contributed by atoms with E-state index in [9.17, 15) is 0 Å². The zero-order valence-corrected chi connectivity index (χ0v) is 13.5. The highest BCUT2D eigenvalue weighted by Gasteiger charge is 2.14. The van der Waals surface area contributed by atoms with Crippen molar-refractivity contribution in [2.24, 2.45) is 0 Å². The molecule has 2 aromatic carbocycles. The van der Waals surface area contributed by atoms with E-state index in [4.69, 9.17) is 9.47 Å². The average Bonchev–Trinajstić information content (AvgIpc) is 2.62. The van der Waals surface area contributed by atoms with Crippen molar-refractivity contribution in [3.63, 3.8) is 0 Å². The number of hydrogen-bond acceptors (Lipinski definition) is 3. The summed E-state index contributed by atoms with van der Waals surface area (Å²) >= 11 is 0. The molecule has 0 amide bonds. The maximum absolute atomic E-state index is 5.43. The molecular weight excluding hydrogens is 286 g/mol. The van der Waals surface area contributed by atoms with Crippen molar-refractivity contribution in [2.75, 3.05) is 14.2 Å². The minimum atomic E-state index is 0.827. The summed E-state index contributed by atoms with van der Waals surface area (Å²) in [5.41, 5.74) is 5.23. The molecule has 3 aromatic rings. The van der Waals surface area contributed by atoms with Crippen LogP contribution in [0.4, 0.5) is 0 Å². The number of pyridine rings is 1. The minimum absolute atomic E-state index is 0.827. The van der Waals surface area contributed by atoms with Crippen molar-refractivity contribution in [1.82, 2.24) is 4.98 Å². The summed E-state index contributed by atoms with van der Waals surface area (Å²) in [6.45, 7) is 2.03. The average molecular weight is 305 g/mol. The summed E-state index contributed by atoms with van der Waals surface area (Å²) < 4.78 is 10.8. The van der Waals surface area contributed by atoms with Crippen LogP contribution in [0, 0.1) is 6.92 Å². The second kappa shape index (κ2) is 6.53. The van der Waals surface area contributed by atoms with Gasteiger partial charge in [-0.25, -0.2) is 0 Å². The zero-order valence-electron chi connectivity index (χ0n) is 13.5. The summed E-state index contributed by atoms with van der Waals surface area (Å²) in [6, 6.07) is 18.2. The van der Waals surface area contributed by atoms with Crippen molar-refractivity contribution < 1.29 is 9.47 Å². The van der Waals surface area contributed by atoms with Crippen LogP contribution in [0.1, 0.15) is 5.56 Å². The van der Waals surface area contributed by atoms with Crippen LogP contribution in [0.15, 0.2) is 60.8 Å². The minimum Gasteiger partial charge on any atom is -0.497 e. The van der Waals surface area contributed by atoms with Crippen LogP contribution in [0.25, 0.3) is 22.4 Å². The molecule has 0 unspecified atom stereocenters. The molecule has 3 heteroatoms. The van der Waals surface area contributed by atoms with Crippen LogP contribution in [-0.2, 0) is 0 Å². The maximum atomic E-state index is 5.43. The number of hydrogen-bond donors (Lipinski definition) is 0. The first-order chi connectivity index (χ1) is 11.2. The SMILES string of the molecule is COc1ccc(-c2nccc(OC)c2C)c(-c2ccccc2)c1. The van der Waals surface area contributed by atoms with Gasteiger partial charge in [-0.3, -0.25) is 4.98 Å². The molecule has 0 aliphatic rings. The lowest BCUT2D eigenvalue weighted by molar-refractivity contribution is 0.411. The highest BCUT2D eigenvalue weighted by molar-refractivity contribution is 5.84. The van der Waals surface area contributed by atoms with Crippen molar-refractivity contribution in [3.05, 3.63) is 66.4 Å². The fraction of sp³-hybridized carbons (Fsp3) is 0.150. The van der Waals surface area contributed by atoms with Gasteiger partial charge in [-0.2, -0.15) is 0 Å². The van der Waals surface area contributed by atoms with E-state index in [2.05, 4.69) is 23.2 Å². The Morgan fingerprint density at radius 1 is 0.826 bits per heavy atom. The smallest absolute Gasteiger partial charge is 0.125 e. The Hall–Kier alpha value is -2.81. The van der Waals surface area contributed by atoms with E-state index >= 15 is 0 Å². The normalized spacial score (nSPS) is 10.4. The van der Waals surface area contributed by atoms with Gasteiger partial charge in [0.1, 0.15) is 11.5 Å². The molecule has 1 aromatic heterocycles. The molecule has 0 fully saturated rings. The summed E-state index contributed by atoms with van der Waals surface area (Å²) in [6.07, 6.45) is 1.78. The Kier molecular flexibility index (Phi) is 4.29. The molecule has 116 valence electrons. The van der Waals surface area contributed by atoms with E-state index in [1.54, 1.807) is 20.4 Å². The lowest BCUT2D eigenvalue weighted by Crippen LogP contribution is -1.95. The van der Waals surface area contributed by atoms with Gasteiger partial charge >= 0.3 is 0 Å². The van der Waals surface area contributed by atoms with Crippen LogP contribution in [0.2, 0.25) is 0 Å². The molecule has 3 nitrogen and oxygen atoms in total. The van der Waals surface area contributed by atoms with Crippen LogP contribution in [0.5, 0.6) is 11.5 Å². The highest BCUT2D eigenvalue weighted by Crippen LogP contribution is 2.37. The molecule has 0 saturated carbocycles. The Labute approximate surface area is 136 Å². The van der Waals surface area contributed by atoms with Gasteiger partial charge in [-0.15, -0.1) is 0 Å². The quantitative estimate of drug-likeness (QED) is 0.697. The standard InChI is InChI=1S/C20H19NO2/c1-14-19(23-3)11-12-21-20(14)17-10-9-16(22-2)13-18(17)15-7-5-4-6-8-15/h4-13H,1-3H3. The van der Waals surface area contributed by atoms with E-state index in [-0.39, 0.29) is 0 Å². The molecule has 0 aliphatic carbocycles. The summed E-state index contributed by atoms with van der Waals surface area (Å²) in [5, 5.41) is 0. The van der Waals surface area contributed by atoms with E-state index in [0.29, 0.717) is 0 Å². The van der Waals surface area contributed by atoms with Crippen LogP contribution < -0.4 is 9.47 Å². The molecule has 0 saturated heterocycles. The van der Waals surface area contributed by atoms with E-state index < -0.39 is 0 Å². The van der Waals surface area contributed by atoms with Crippen LogP contribution in [-0.4, -0.2) is 19.2 Å². The molecule has 3 rings (SSSR count). The molecule has 0 aliphatic heterocycles. The Morgan fingerprint density at radius 3 is 2.30 bits per heavy atom. The maximum Gasteiger partial charge on any atom is 0.125 e. The Bertz CT molecular complexity index is 813. The Morgan fingerprint density at radius 2 is 1.61 bits per heavy atom. The molecule has 0 atom stereocenters. The number of nitrogens with zero attached hydrogens (tertiary/aromatic N) is 1. The number of aromatic nitrogens is 1. The monoisotopic (exact) mass is 305 g/mol. The highest BCUT2D eigenvalue weighted by atomic mass is 16.5. The predicted octanol–water partition coefficient (Wildman–Crippen LogP) is 4.74. The summed E-state index contributed by atoms with van der Waals surface area (Å²) in [4.78, 5) is 4.58. The van der Waals surface area contributed by atoms with Gasteiger partial charge in [0.05, 0.1) is 19.9 Å². The number of ether oxygens (including phenoxy) is 2. The van der Waals surface area contributed by atoms with E-state index in [1.807, 2.05) is 43.3 Å². The first-order valence-electron chi connectivity index (χ1n) is 7.48. The first-order valence-corrected chi connectivity index (χ1v) is 7.48. The number of benzene rings is 2. The van der Waals surface area contributed by atoms with Gasteiger partial charge in [-0.05, 0) is 42.3 Å². The van der Waals surface area contributed by atoms with Gasteiger partial charge in [0, 0.05) is 17.3 Å². The van der Waals surface area contributed by atoms with Gasteiger partial charge in [0.25, 0.3) is 0 Å². The van der Waals surface area contributed by atoms with Crippen molar-refractivity contribution in [1.29, 1.82) is 0 Å². The first kappa shape index (κ1) is 15.1. The lowest BCUT2D eigenvalue weighted by Gasteiger charge is -2.15. The third-order valence-corrected chi connectivity index (χ3v) is 3.94. The molecule has 0 radical (unpaired) electrons. The second-order valence-corrected chi connectivity index (χ2v) is 5.26. The fourth-order valence-electron chi connectivity index (χ4n) is 2.72. The van der Waals surface area contributed by atoms with Crippen molar-refractivity contribution in [3.8, 4) is 33.9 Å². The second-order valence-electron chi connectivity index (χ2n) is 5.26. The molecule has 1 heterocycles. The van der Waals surface area contributed by atoms with E-state index in [1.165, 1.54) is 0 Å². The summed E-state index contributed by atoms with van der Waals surface area (Å²) in [7, 11) is 3.36. The van der Waals surface area contributed by atoms with Crippen molar-refractivity contribution in [2.45, 2.75) is 6.92 Å². The van der Waals surface area contributed by atoms with E-state index in [0.717, 1.165) is 39.4 Å². The lowest BCUT2D eigenvalue weighted by atomic mass is 9.95. The van der Waals surface area contributed by atoms with Gasteiger partial charge < -0.3 is 9.47 Å². The fourth-order valence-corrected chi connectivity index (χ4v) is 2.72. The molecular formula is C20H19NO2. The predicted molar refractivity (Wildman–Crippen MR) is 93.0 cm³/mol. The molecule has 0 spiro atoms. The topological polar surface area (TPSA) is 31.4 Å². The molecule has 23 heavy (non-hydrogen) atoms. The summed E-state index contributed by atoms with van der Waals surface area (Å²) in [5.74, 6) is 1.66. The van der Waals surface area contributed by atoms with Gasteiger partial charge in [0.15, 0.2) is 0 Å². The third-order valence-electron chi connectivity index (χ3n) is 3.94. The third kappa shape index (κ3) is 2.90. The van der Waals surface area contributed by atoms with Crippen molar-refractivity contribution >= 4 is 0 Å². The van der Waals surface area contributed by atoms with Gasteiger partial charge in [-0.1, -0.05) is 30.3 Å². The number of rotatable bonds is 4. The largest absolute Gasteiger partial charge is 0.497 e. The zero-order chi connectivity index (χ0) is 16.2. The van der Waals surface area contributed by atoms with Crippen LogP contribution >= 0.6 is 0 Å². The van der Waals surface area contributed by atoms with Crippen LogP contribution in [0.3, 0.4) is 0 Å². The molecule has 0 bridgehead atoms. The number of methoxy groups -OCH3 is 2.